The van der Waals surface area contributed by atoms with Crippen molar-refractivity contribution >= 4 is 17.0 Å². The van der Waals surface area contributed by atoms with Gasteiger partial charge in [0.2, 0.25) is 0 Å². The van der Waals surface area contributed by atoms with Crippen LogP contribution in [0.4, 0.5) is 18.9 Å². The molecule has 0 bridgehead atoms. The highest BCUT2D eigenvalue weighted by molar-refractivity contribution is 7.09. The molecule has 2 rings (SSSR count). The van der Waals surface area contributed by atoms with Gasteiger partial charge in [-0.15, -0.1) is 11.3 Å². The Morgan fingerprint density at radius 1 is 1.25 bits per heavy atom. The van der Waals surface area contributed by atoms with Crippen LogP contribution in [-0.4, -0.2) is 4.98 Å². The first-order valence-electron chi connectivity index (χ1n) is 6.13. The summed E-state index contributed by atoms with van der Waals surface area (Å²) < 4.78 is 38.6. The van der Waals surface area contributed by atoms with E-state index in [2.05, 4.69) is 10.3 Å². The van der Waals surface area contributed by atoms with Gasteiger partial charge in [-0.3, -0.25) is 0 Å². The van der Waals surface area contributed by atoms with Gasteiger partial charge in [0.15, 0.2) is 0 Å². The number of aromatic nitrogens is 1. The highest BCUT2D eigenvalue weighted by Crippen LogP contribution is 2.34. The van der Waals surface area contributed by atoms with Gasteiger partial charge in [0.25, 0.3) is 0 Å². The van der Waals surface area contributed by atoms with E-state index >= 15 is 0 Å². The maximum Gasteiger partial charge on any atom is 0.416 e. The minimum absolute atomic E-state index is 0.0775. The van der Waals surface area contributed by atoms with Crippen LogP contribution in [0, 0.1) is 13.8 Å². The van der Waals surface area contributed by atoms with Crippen molar-refractivity contribution < 1.29 is 13.2 Å². The van der Waals surface area contributed by atoms with Gasteiger partial charge in [-0.05, 0) is 38.5 Å². The summed E-state index contributed by atoms with van der Waals surface area (Å²) in [4.78, 5) is 5.18. The lowest BCUT2D eigenvalue weighted by Crippen LogP contribution is -2.10. The number of nitrogens with zero attached hydrogens (tertiary/aromatic N) is 1. The summed E-state index contributed by atoms with van der Waals surface area (Å²) in [7, 11) is 0. The van der Waals surface area contributed by atoms with Crippen LogP contribution in [0.5, 0.6) is 0 Å². The Balaban J connectivity index is 2.25. The van der Waals surface area contributed by atoms with Crippen molar-refractivity contribution in [2.45, 2.75) is 33.0 Å². The molecule has 0 amide bonds. The maximum absolute atomic E-state index is 12.9. The second kappa shape index (κ2) is 5.44. The van der Waals surface area contributed by atoms with Crippen molar-refractivity contribution in [2.24, 2.45) is 0 Å². The number of benzene rings is 1. The Morgan fingerprint density at radius 2 is 1.95 bits per heavy atom. The number of hydrogen-bond donors (Lipinski definition) is 1. The lowest BCUT2D eigenvalue weighted by molar-refractivity contribution is -0.138. The van der Waals surface area contributed by atoms with E-state index in [1.165, 1.54) is 24.3 Å². The quantitative estimate of drug-likeness (QED) is 0.867. The van der Waals surface area contributed by atoms with Gasteiger partial charge in [-0.1, -0.05) is 6.07 Å². The van der Waals surface area contributed by atoms with Crippen molar-refractivity contribution in [3.63, 3.8) is 0 Å². The number of alkyl halides is 3. The number of thiazole rings is 1. The molecule has 0 saturated carbocycles. The molecule has 108 valence electrons. The standard InChI is InChI=1S/C14H15F3N2S/c1-8-4-5-11(6-12(8)14(15,16)17)19-10(3)13-9(2)18-7-20-13/h4-7,10,19H,1-3H3. The molecule has 1 N–H and O–H groups in total. The zero-order valence-corrected chi connectivity index (χ0v) is 12.2. The fourth-order valence-corrected chi connectivity index (χ4v) is 2.87. The van der Waals surface area contributed by atoms with Gasteiger partial charge in [0.05, 0.1) is 22.8 Å². The fraction of sp³-hybridized carbons (Fsp3) is 0.357. The van der Waals surface area contributed by atoms with Crippen LogP contribution in [-0.2, 0) is 6.18 Å². The molecule has 0 aliphatic carbocycles. The number of nitrogens with one attached hydrogen (secondary N) is 1. The summed E-state index contributed by atoms with van der Waals surface area (Å²) in [6.07, 6.45) is -4.33. The van der Waals surface area contributed by atoms with Crippen LogP contribution in [0.3, 0.4) is 0 Å². The maximum atomic E-state index is 12.9. The molecule has 1 unspecified atom stereocenters. The molecule has 1 atom stereocenters. The van der Waals surface area contributed by atoms with E-state index in [0.29, 0.717) is 5.69 Å². The van der Waals surface area contributed by atoms with Crippen molar-refractivity contribution in [1.29, 1.82) is 0 Å². The minimum Gasteiger partial charge on any atom is -0.378 e. The zero-order valence-electron chi connectivity index (χ0n) is 11.4. The Hall–Kier alpha value is -1.56. The van der Waals surface area contributed by atoms with Gasteiger partial charge in [0, 0.05) is 10.6 Å². The first kappa shape index (κ1) is 14.8. The molecule has 0 aliphatic heterocycles. The van der Waals surface area contributed by atoms with E-state index < -0.39 is 11.7 Å². The van der Waals surface area contributed by atoms with Crippen LogP contribution in [0.15, 0.2) is 23.7 Å². The molecule has 0 saturated heterocycles. The summed E-state index contributed by atoms with van der Waals surface area (Å²) in [5.41, 5.74) is 2.72. The molecule has 0 fully saturated rings. The number of hydrogen-bond acceptors (Lipinski definition) is 3. The second-order valence-corrected chi connectivity index (χ2v) is 5.58. The predicted molar refractivity (Wildman–Crippen MR) is 75.1 cm³/mol. The number of aryl methyl sites for hydroxylation is 2. The van der Waals surface area contributed by atoms with Crippen LogP contribution >= 0.6 is 11.3 Å². The third-order valence-electron chi connectivity index (χ3n) is 3.10. The van der Waals surface area contributed by atoms with Crippen molar-refractivity contribution in [3.8, 4) is 0 Å². The molecule has 0 spiro atoms. The lowest BCUT2D eigenvalue weighted by atomic mass is 10.1. The highest BCUT2D eigenvalue weighted by atomic mass is 32.1. The van der Waals surface area contributed by atoms with Gasteiger partial charge >= 0.3 is 6.18 Å². The average molecular weight is 300 g/mol. The van der Waals surface area contributed by atoms with Crippen molar-refractivity contribution in [3.05, 3.63) is 45.4 Å². The first-order chi connectivity index (χ1) is 9.29. The van der Waals surface area contributed by atoms with Crippen molar-refractivity contribution in [1.82, 2.24) is 4.98 Å². The molecule has 1 aromatic heterocycles. The van der Waals surface area contributed by atoms with Crippen molar-refractivity contribution in [2.75, 3.05) is 5.32 Å². The second-order valence-electron chi connectivity index (χ2n) is 4.70. The fourth-order valence-electron chi connectivity index (χ4n) is 2.06. The van der Waals surface area contributed by atoms with E-state index in [-0.39, 0.29) is 11.6 Å². The van der Waals surface area contributed by atoms with E-state index in [1.807, 2.05) is 13.8 Å². The number of halogens is 3. The summed E-state index contributed by atoms with van der Waals surface area (Å²) in [6, 6.07) is 4.23. The topological polar surface area (TPSA) is 24.9 Å². The molecular formula is C14H15F3N2S. The molecular weight excluding hydrogens is 285 g/mol. The van der Waals surface area contributed by atoms with E-state index in [0.717, 1.165) is 16.6 Å². The Morgan fingerprint density at radius 3 is 2.50 bits per heavy atom. The zero-order chi connectivity index (χ0) is 14.9. The van der Waals surface area contributed by atoms with E-state index in [9.17, 15) is 13.2 Å². The molecule has 1 aromatic carbocycles. The SMILES string of the molecule is Cc1ccc(NC(C)c2scnc2C)cc1C(F)(F)F. The molecule has 1 heterocycles. The molecule has 6 heteroatoms. The third kappa shape index (κ3) is 3.12. The lowest BCUT2D eigenvalue weighted by Gasteiger charge is -2.17. The van der Waals surface area contributed by atoms with Crippen LogP contribution < -0.4 is 5.32 Å². The molecule has 0 radical (unpaired) electrons. The predicted octanol–water partition coefficient (Wildman–Crippen LogP) is 4.95. The molecule has 20 heavy (non-hydrogen) atoms. The van der Waals surface area contributed by atoms with Crippen LogP contribution in [0.25, 0.3) is 0 Å². The van der Waals surface area contributed by atoms with Gasteiger partial charge < -0.3 is 5.32 Å². The minimum atomic E-state index is -4.33. The molecule has 0 aliphatic rings. The number of anilines is 1. The summed E-state index contributed by atoms with van der Waals surface area (Å²) in [6.45, 7) is 5.26. The third-order valence-corrected chi connectivity index (χ3v) is 4.22. The smallest absolute Gasteiger partial charge is 0.378 e. The van der Waals surface area contributed by atoms with Gasteiger partial charge in [-0.25, -0.2) is 4.98 Å². The average Bonchev–Trinajstić information content (AvgIpc) is 2.76. The van der Waals surface area contributed by atoms with E-state index in [4.69, 9.17) is 0 Å². The summed E-state index contributed by atoms with van der Waals surface area (Å²) >= 11 is 1.49. The Labute approximate surface area is 119 Å². The Kier molecular flexibility index (Phi) is 4.04. The van der Waals surface area contributed by atoms with Crippen LogP contribution in [0.1, 0.15) is 34.7 Å². The molecule has 2 aromatic rings. The summed E-state index contributed by atoms with van der Waals surface area (Å²) in [5.74, 6) is 0. The van der Waals surface area contributed by atoms with E-state index in [1.54, 1.807) is 11.6 Å². The highest BCUT2D eigenvalue weighted by Gasteiger charge is 2.32. The first-order valence-corrected chi connectivity index (χ1v) is 7.01. The largest absolute Gasteiger partial charge is 0.416 e. The summed E-state index contributed by atoms with van der Waals surface area (Å²) in [5, 5.41) is 3.10. The normalized spacial score (nSPS) is 13.3. The monoisotopic (exact) mass is 300 g/mol. The van der Waals surface area contributed by atoms with Gasteiger partial charge in [0.1, 0.15) is 0 Å². The van der Waals surface area contributed by atoms with Gasteiger partial charge in [-0.2, -0.15) is 13.2 Å². The Bertz CT molecular complexity index is 605. The molecule has 2 nitrogen and oxygen atoms in total. The number of rotatable bonds is 3. The van der Waals surface area contributed by atoms with Crippen LogP contribution in [0.2, 0.25) is 0 Å².